The van der Waals surface area contributed by atoms with Gasteiger partial charge in [-0.3, -0.25) is 4.98 Å². The number of nitrogens with zero attached hydrogens (tertiary/aromatic N) is 3. The number of hydrogen-bond acceptors (Lipinski definition) is 4. The monoisotopic (exact) mass is 269 g/mol. The summed E-state index contributed by atoms with van der Waals surface area (Å²) in [4.78, 5) is 10.7. The molecule has 0 bridgehead atoms. The molecule has 1 saturated heterocycles. The summed E-state index contributed by atoms with van der Waals surface area (Å²) in [6.45, 7) is 2.67. The molecule has 2 heterocycles. The quantitative estimate of drug-likeness (QED) is 0.855. The van der Waals surface area contributed by atoms with Crippen molar-refractivity contribution in [2.24, 2.45) is 0 Å². The van der Waals surface area contributed by atoms with Crippen molar-refractivity contribution in [2.75, 3.05) is 18.0 Å². The summed E-state index contributed by atoms with van der Waals surface area (Å²) in [5, 5.41) is 0. The van der Waals surface area contributed by atoms with Gasteiger partial charge >= 0.3 is 0 Å². The van der Waals surface area contributed by atoms with E-state index in [-0.39, 0.29) is 0 Å². The molecule has 4 nitrogen and oxygen atoms in total. The zero-order valence-corrected chi connectivity index (χ0v) is 11.5. The minimum Gasteiger partial charge on any atom is -0.373 e. The maximum atomic E-state index is 5.99. The Labute approximate surface area is 119 Å². The highest BCUT2D eigenvalue weighted by molar-refractivity contribution is 5.35. The van der Waals surface area contributed by atoms with Gasteiger partial charge in [0, 0.05) is 25.5 Å². The summed E-state index contributed by atoms with van der Waals surface area (Å²) in [6, 6.07) is 10.3. The Morgan fingerprint density at radius 1 is 1.10 bits per heavy atom. The molecule has 0 amide bonds. The topological polar surface area (TPSA) is 38.2 Å². The van der Waals surface area contributed by atoms with Crippen molar-refractivity contribution in [3.05, 3.63) is 54.5 Å². The van der Waals surface area contributed by atoms with Gasteiger partial charge in [0.15, 0.2) is 0 Å². The maximum Gasteiger partial charge on any atom is 0.147 e. The van der Waals surface area contributed by atoms with E-state index < -0.39 is 0 Å². The molecule has 0 radical (unpaired) electrons. The molecule has 0 aliphatic carbocycles. The Hall–Kier alpha value is -1.94. The van der Waals surface area contributed by atoms with E-state index in [1.165, 1.54) is 5.56 Å². The van der Waals surface area contributed by atoms with E-state index in [1.54, 1.807) is 12.4 Å². The molecule has 0 atom stereocenters. The van der Waals surface area contributed by atoms with E-state index in [1.807, 2.05) is 12.3 Å². The van der Waals surface area contributed by atoms with Gasteiger partial charge in [-0.1, -0.05) is 30.3 Å². The van der Waals surface area contributed by atoms with Crippen LogP contribution in [0.4, 0.5) is 5.82 Å². The molecule has 2 aromatic rings. The fraction of sp³-hybridized carbons (Fsp3) is 0.375. The van der Waals surface area contributed by atoms with E-state index in [2.05, 4.69) is 39.1 Å². The zero-order valence-electron chi connectivity index (χ0n) is 11.5. The van der Waals surface area contributed by atoms with Gasteiger partial charge in [0.1, 0.15) is 5.82 Å². The molecule has 1 aliphatic rings. The van der Waals surface area contributed by atoms with Crippen molar-refractivity contribution in [3.8, 4) is 0 Å². The molecule has 1 fully saturated rings. The minimum absolute atomic E-state index is 0.350. The van der Waals surface area contributed by atoms with E-state index >= 15 is 0 Å². The molecule has 0 spiro atoms. The second kappa shape index (κ2) is 6.48. The van der Waals surface area contributed by atoms with Crippen LogP contribution in [0.2, 0.25) is 0 Å². The summed E-state index contributed by atoms with van der Waals surface area (Å²) >= 11 is 0. The van der Waals surface area contributed by atoms with E-state index in [0.29, 0.717) is 12.7 Å². The van der Waals surface area contributed by atoms with E-state index in [4.69, 9.17) is 4.74 Å². The lowest BCUT2D eigenvalue weighted by Crippen LogP contribution is -2.37. The van der Waals surface area contributed by atoms with Gasteiger partial charge in [0.05, 0.1) is 18.9 Å². The third-order valence-corrected chi connectivity index (χ3v) is 3.64. The number of benzene rings is 1. The highest BCUT2D eigenvalue weighted by Gasteiger charge is 2.20. The number of hydrogen-bond donors (Lipinski definition) is 0. The van der Waals surface area contributed by atoms with Crippen molar-refractivity contribution in [2.45, 2.75) is 25.6 Å². The molecule has 1 aromatic heterocycles. The SMILES string of the molecule is c1ccc(COC2CCN(c3cnccn3)CC2)cc1. The molecule has 4 heteroatoms. The van der Waals surface area contributed by atoms with Gasteiger partial charge in [-0.15, -0.1) is 0 Å². The molecule has 20 heavy (non-hydrogen) atoms. The molecule has 1 aromatic carbocycles. The lowest BCUT2D eigenvalue weighted by Gasteiger charge is -2.32. The average molecular weight is 269 g/mol. The molecular weight excluding hydrogens is 250 g/mol. The fourth-order valence-electron chi connectivity index (χ4n) is 2.49. The predicted molar refractivity (Wildman–Crippen MR) is 78.5 cm³/mol. The lowest BCUT2D eigenvalue weighted by atomic mass is 10.1. The Morgan fingerprint density at radius 3 is 2.60 bits per heavy atom. The van der Waals surface area contributed by atoms with Gasteiger partial charge in [0.2, 0.25) is 0 Å². The third-order valence-electron chi connectivity index (χ3n) is 3.64. The van der Waals surface area contributed by atoms with Crippen LogP contribution in [0.3, 0.4) is 0 Å². The first-order valence-corrected chi connectivity index (χ1v) is 7.08. The summed E-state index contributed by atoms with van der Waals surface area (Å²) in [6.07, 6.45) is 7.72. The van der Waals surface area contributed by atoms with Gasteiger partial charge in [0.25, 0.3) is 0 Å². The van der Waals surface area contributed by atoms with Crippen LogP contribution in [0, 0.1) is 0 Å². The maximum absolute atomic E-state index is 5.99. The van der Waals surface area contributed by atoms with Crippen LogP contribution in [0.15, 0.2) is 48.9 Å². The highest BCUT2D eigenvalue weighted by atomic mass is 16.5. The van der Waals surface area contributed by atoms with E-state index in [0.717, 1.165) is 31.7 Å². The second-order valence-electron chi connectivity index (χ2n) is 5.05. The summed E-state index contributed by atoms with van der Waals surface area (Å²) < 4.78 is 5.99. The number of anilines is 1. The van der Waals surface area contributed by atoms with Crippen LogP contribution in [0.1, 0.15) is 18.4 Å². The predicted octanol–water partition coefficient (Wildman–Crippen LogP) is 2.66. The molecular formula is C16H19N3O. The summed E-state index contributed by atoms with van der Waals surface area (Å²) in [5.41, 5.74) is 1.24. The number of ether oxygens (including phenoxy) is 1. The van der Waals surface area contributed by atoms with Crippen molar-refractivity contribution in [3.63, 3.8) is 0 Å². The third kappa shape index (κ3) is 3.33. The van der Waals surface area contributed by atoms with Crippen LogP contribution < -0.4 is 4.90 Å². The first kappa shape index (κ1) is 13.1. The van der Waals surface area contributed by atoms with Crippen LogP contribution >= 0.6 is 0 Å². The molecule has 104 valence electrons. The molecule has 1 aliphatic heterocycles. The minimum atomic E-state index is 0.350. The number of piperidine rings is 1. The number of rotatable bonds is 4. The lowest BCUT2D eigenvalue weighted by molar-refractivity contribution is 0.0250. The summed E-state index contributed by atoms with van der Waals surface area (Å²) in [7, 11) is 0. The molecule has 3 rings (SSSR count). The molecule has 0 N–H and O–H groups in total. The number of aromatic nitrogens is 2. The van der Waals surface area contributed by atoms with Crippen molar-refractivity contribution >= 4 is 5.82 Å². The summed E-state index contributed by atoms with van der Waals surface area (Å²) in [5.74, 6) is 0.967. The second-order valence-corrected chi connectivity index (χ2v) is 5.05. The van der Waals surface area contributed by atoms with Crippen LogP contribution in [-0.2, 0) is 11.3 Å². The molecule has 0 saturated carbocycles. The Bertz CT molecular complexity index is 510. The van der Waals surface area contributed by atoms with Crippen LogP contribution in [0.5, 0.6) is 0 Å². The van der Waals surface area contributed by atoms with Gasteiger partial charge < -0.3 is 9.64 Å². The van der Waals surface area contributed by atoms with Crippen molar-refractivity contribution in [1.82, 2.24) is 9.97 Å². The van der Waals surface area contributed by atoms with Gasteiger partial charge in [-0.25, -0.2) is 4.98 Å². The van der Waals surface area contributed by atoms with Crippen molar-refractivity contribution in [1.29, 1.82) is 0 Å². The Balaban J connectivity index is 1.47. The largest absolute Gasteiger partial charge is 0.373 e. The highest BCUT2D eigenvalue weighted by Crippen LogP contribution is 2.19. The van der Waals surface area contributed by atoms with E-state index in [9.17, 15) is 0 Å². The smallest absolute Gasteiger partial charge is 0.147 e. The zero-order chi connectivity index (χ0) is 13.6. The normalized spacial score (nSPS) is 16.3. The first-order valence-electron chi connectivity index (χ1n) is 7.08. The Morgan fingerprint density at radius 2 is 1.90 bits per heavy atom. The standard InChI is InChI=1S/C16H19N3O/c1-2-4-14(5-3-1)13-20-15-6-10-19(11-7-15)16-12-17-8-9-18-16/h1-5,8-9,12,15H,6-7,10-11,13H2. The van der Waals surface area contributed by atoms with Crippen LogP contribution in [-0.4, -0.2) is 29.2 Å². The Kier molecular flexibility index (Phi) is 4.23. The van der Waals surface area contributed by atoms with Crippen molar-refractivity contribution < 1.29 is 4.74 Å². The van der Waals surface area contributed by atoms with Gasteiger partial charge in [-0.05, 0) is 18.4 Å². The fourth-order valence-corrected chi connectivity index (χ4v) is 2.49. The first-order chi connectivity index (χ1) is 9.92. The van der Waals surface area contributed by atoms with Gasteiger partial charge in [-0.2, -0.15) is 0 Å². The molecule has 0 unspecified atom stereocenters. The van der Waals surface area contributed by atoms with Crippen LogP contribution in [0.25, 0.3) is 0 Å². The average Bonchev–Trinajstić information content (AvgIpc) is 2.55.